The van der Waals surface area contributed by atoms with E-state index in [4.69, 9.17) is 0 Å². The van der Waals surface area contributed by atoms with Crippen LogP contribution in [0.2, 0.25) is 0 Å². The second-order valence-corrected chi connectivity index (χ2v) is 24.6. The van der Waals surface area contributed by atoms with Crippen LogP contribution in [0.4, 0.5) is 34.1 Å². The van der Waals surface area contributed by atoms with E-state index in [2.05, 4.69) is 333 Å². The van der Waals surface area contributed by atoms with Crippen molar-refractivity contribution in [3.05, 3.63) is 300 Å². The predicted molar refractivity (Wildman–Crippen MR) is 362 cm³/mol. The van der Waals surface area contributed by atoms with Crippen LogP contribution in [0, 0.1) is 0 Å². The minimum absolute atomic E-state index is 1.07. The molecule has 0 spiro atoms. The number of fused-ring (bicyclic) bond motifs is 8. The lowest BCUT2D eigenvalue weighted by molar-refractivity contribution is 1.30. The molecule has 13 aromatic carbocycles. The smallest absolute Gasteiger partial charge is 0.0640 e. The fourth-order valence-electron chi connectivity index (χ4n) is 11.8. The predicted octanol–water partition coefficient (Wildman–Crippen LogP) is 24.4. The molecule has 0 saturated heterocycles. The maximum atomic E-state index is 3.62. The molecule has 15 rings (SSSR count). The molecule has 0 bridgehead atoms. The first-order chi connectivity index (χ1) is 40.5. The van der Waals surface area contributed by atoms with E-state index < -0.39 is 0 Å². The van der Waals surface area contributed by atoms with E-state index in [-0.39, 0.29) is 0 Å². The van der Waals surface area contributed by atoms with Crippen LogP contribution in [0.3, 0.4) is 0 Å². The Morgan fingerprint density at radius 3 is 1.23 bits per heavy atom. The molecule has 388 valence electrons. The van der Waals surface area contributed by atoms with Crippen molar-refractivity contribution in [2.24, 2.45) is 0 Å². The molecule has 0 radical (unpaired) electrons. The third-order valence-electron chi connectivity index (χ3n) is 15.8. The van der Waals surface area contributed by atoms with Crippen molar-refractivity contribution in [1.82, 2.24) is 0 Å². The Morgan fingerprint density at radius 2 is 0.659 bits per heavy atom. The SMILES string of the molecule is Brc1ccc(-c2ccc(N(c3ccc(-c4ccccc4-c4ccc5sc6c(N(c7ccc(-c8ccccc8)cc7)c7ccc(-c8ccc(Br)cc8)cc7)cccc6c5c4)cc3)c3cc4sc5ccccc5c4c4ccccc34)cc2)cc1. The highest BCUT2D eigenvalue weighted by Gasteiger charge is 2.22. The maximum Gasteiger partial charge on any atom is 0.0640 e. The number of nitrogens with zero attached hydrogens (tertiary/aromatic N) is 2. The molecule has 82 heavy (non-hydrogen) atoms. The number of anilines is 6. The van der Waals surface area contributed by atoms with E-state index in [9.17, 15) is 0 Å². The van der Waals surface area contributed by atoms with Crippen molar-refractivity contribution in [3.63, 3.8) is 0 Å². The van der Waals surface area contributed by atoms with Gasteiger partial charge in [-0.1, -0.05) is 220 Å². The zero-order chi connectivity index (χ0) is 54.7. The largest absolute Gasteiger partial charge is 0.310 e. The third kappa shape index (κ3) is 9.18. The number of rotatable bonds is 11. The van der Waals surface area contributed by atoms with Gasteiger partial charge in [0.15, 0.2) is 0 Å². The van der Waals surface area contributed by atoms with Crippen LogP contribution in [0.15, 0.2) is 300 Å². The van der Waals surface area contributed by atoms with Crippen molar-refractivity contribution >= 4 is 140 Å². The van der Waals surface area contributed by atoms with Crippen molar-refractivity contribution in [2.75, 3.05) is 9.80 Å². The Hall–Kier alpha value is -8.88. The molecule has 0 N–H and O–H groups in total. The fraction of sp³-hybridized carbons (Fsp3) is 0. The summed E-state index contributed by atoms with van der Waals surface area (Å²) in [5.74, 6) is 0. The lowest BCUT2D eigenvalue weighted by Gasteiger charge is -2.27. The summed E-state index contributed by atoms with van der Waals surface area (Å²) in [5.41, 5.74) is 18.5. The molecular formula is C76H48Br2N2S2. The molecule has 2 heterocycles. The van der Waals surface area contributed by atoms with E-state index in [0.29, 0.717) is 0 Å². The van der Waals surface area contributed by atoms with Crippen LogP contribution < -0.4 is 9.80 Å². The highest BCUT2D eigenvalue weighted by molar-refractivity contribution is 9.10. The molecule has 2 aromatic heterocycles. The maximum absolute atomic E-state index is 3.62. The second kappa shape index (κ2) is 21.2. The Labute approximate surface area is 501 Å². The molecule has 0 atom stereocenters. The summed E-state index contributed by atoms with van der Waals surface area (Å²) in [6.07, 6.45) is 0. The first kappa shape index (κ1) is 50.1. The molecule has 0 aliphatic heterocycles. The molecule has 0 unspecified atom stereocenters. The summed E-state index contributed by atoms with van der Waals surface area (Å²) < 4.78 is 7.21. The van der Waals surface area contributed by atoms with Gasteiger partial charge in [-0.15, -0.1) is 22.7 Å². The topological polar surface area (TPSA) is 6.48 Å². The summed E-state index contributed by atoms with van der Waals surface area (Å²) in [4.78, 5) is 4.86. The van der Waals surface area contributed by atoms with E-state index in [1.807, 2.05) is 22.7 Å². The van der Waals surface area contributed by atoms with Gasteiger partial charge < -0.3 is 9.80 Å². The first-order valence-electron chi connectivity index (χ1n) is 27.4. The number of hydrogen-bond donors (Lipinski definition) is 0. The molecule has 0 fully saturated rings. The molecule has 0 saturated carbocycles. The van der Waals surface area contributed by atoms with Crippen LogP contribution in [0.1, 0.15) is 0 Å². The molecule has 2 nitrogen and oxygen atoms in total. The van der Waals surface area contributed by atoms with Crippen LogP contribution in [-0.4, -0.2) is 0 Å². The first-order valence-corrected chi connectivity index (χ1v) is 30.6. The minimum Gasteiger partial charge on any atom is -0.310 e. The third-order valence-corrected chi connectivity index (χ3v) is 19.2. The molecule has 0 amide bonds. The number of hydrogen-bond acceptors (Lipinski definition) is 4. The molecule has 6 heteroatoms. The van der Waals surface area contributed by atoms with Gasteiger partial charge in [-0.05, 0) is 164 Å². The molecule has 15 aromatic rings. The summed E-state index contributed by atoms with van der Waals surface area (Å²) >= 11 is 11.0. The van der Waals surface area contributed by atoms with Crippen molar-refractivity contribution in [2.45, 2.75) is 0 Å². The zero-order valence-corrected chi connectivity index (χ0v) is 49.0. The molecule has 0 aliphatic carbocycles. The van der Waals surface area contributed by atoms with Gasteiger partial charge in [-0.2, -0.15) is 0 Å². The number of benzene rings is 13. The highest BCUT2D eigenvalue weighted by atomic mass is 79.9. The van der Waals surface area contributed by atoms with Gasteiger partial charge in [-0.25, -0.2) is 0 Å². The van der Waals surface area contributed by atoms with Gasteiger partial charge in [0, 0.05) is 72.7 Å². The summed E-state index contributed by atoms with van der Waals surface area (Å²) in [6.45, 7) is 0. The normalized spacial score (nSPS) is 11.5. The zero-order valence-electron chi connectivity index (χ0n) is 44.2. The van der Waals surface area contributed by atoms with E-state index in [1.165, 1.54) is 101 Å². The Bertz CT molecular complexity index is 4840. The van der Waals surface area contributed by atoms with Gasteiger partial charge in [0.25, 0.3) is 0 Å². The summed E-state index contributed by atoms with van der Waals surface area (Å²) in [6, 6.07) is 107. The van der Waals surface area contributed by atoms with Crippen molar-refractivity contribution in [3.8, 4) is 55.6 Å². The number of thiophene rings is 2. The summed E-state index contributed by atoms with van der Waals surface area (Å²) in [7, 11) is 0. The van der Waals surface area contributed by atoms with Gasteiger partial charge in [-0.3, -0.25) is 0 Å². The number of halogens is 2. The quantitative estimate of drug-likeness (QED) is 0.127. The fourth-order valence-corrected chi connectivity index (χ4v) is 14.7. The van der Waals surface area contributed by atoms with Crippen LogP contribution in [0.25, 0.3) is 107 Å². The van der Waals surface area contributed by atoms with Crippen molar-refractivity contribution in [1.29, 1.82) is 0 Å². The van der Waals surface area contributed by atoms with E-state index in [0.717, 1.165) is 48.6 Å². The monoisotopic (exact) mass is 1210 g/mol. The van der Waals surface area contributed by atoms with Gasteiger partial charge in [0.1, 0.15) is 0 Å². The Kier molecular flexibility index (Phi) is 13.0. The standard InChI is InChI=1S/C76H48Br2N2S2/c77-57-34-21-50(22-35-57)53-27-40-60(41-28-53)79(59-38-25-52(26-39-59)49-11-2-1-3-12-49)70-19-10-18-67-69-47-56(33-46-73(69)82-76(67)70)64-14-5-4-13-63(64)55-31-44-62(45-32-55)80(61-42-29-54(30-43-61)51-23-36-58(78)37-24-51)71-48-74-75(66-16-7-6-15-65(66)71)68-17-8-9-20-72(68)81-74/h1-48H. The van der Waals surface area contributed by atoms with Gasteiger partial charge in [0.05, 0.1) is 16.1 Å². The van der Waals surface area contributed by atoms with Gasteiger partial charge >= 0.3 is 0 Å². The van der Waals surface area contributed by atoms with Crippen LogP contribution in [-0.2, 0) is 0 Å². The van der Waals surface area contributed by atoms with E-state index in [1.54, 1.807) is 0 Å². The van der Waals surface area contributed by atoms with E-state index >= 15 is 0 Å². The van der Waals surface area contributed by atoms with Crippen molar-refractivity contribution < 1.29 is 0 Å². The van der Waals surface area contributed by atoms with Crippen LogP contribution >= 0.6 is 54.5 Å². The Morgan fingerprint density at radius 1 is 0.244 bits per heavy atom. The average molecular weight is 1210 g/mol. The summed E-state index contributed by atoms with van der Waals surface area (Å²) in [5, 5.41) is 7.58. The van der Waals surface area contributed by atoms with Crippen LogP contribution in [0.5, 0.6) is 0 Å². The lowest BCUT2D eigenvalue weighted by Crippen LogP contribution is -2.10. The highest BCUT2D eigenvalue weighted by Crippen LogP contribution is 2.49. The Balaban J connectivity index is 0.811. The van der Waals surface area contributed by atoms with Gasteiger partial charge in [0.2, 0.25) is 0 Å². The molecular weight excluding hydrogens is 1160 g/mol. The minimum atomic E-state index is 1.07. The average Bonchev–Trinajstić information content (AvgIpc) is 4.28. The lowest BCUT2D eigenvalue weighted by atomic mass is 9.93. The molecule has 0 aliphatic rings. The second-order valence-electron chi connectivity index (χ2n) is 20.7.